The first kappa shape index (κ1) is 8.73. The molecular formula is C10H16N2O. The second-order valence-electron chi connectivity index (χ2n) is 3.85. The van der Waals surface area contributed by atoms with Crippen LogP contribution in [0.25, 0.3) is 0 Å². The van der Waals surface area contributed by atoms with E-state index in [2.05, 4.69) is 12.0 Å². The van der Waals surface area contributed by atoms with Crippen molar-refractivity contribution in [3.05, 3.63) is 0 Å². The van der Waals surface area contributed by atoms with Gasteiger partial charge in [0.25, 0.3) is 5.91 Å². The highest BCUT2D eigenvalue weighted by molar-refractivity contribution is 6.08. The molecule has 0 aromatic heterocycles. The Kier molecular flexibility index (Phi) is 2.34. The first-order valence-corrected chi connectivity index (χ1v) is 5.21. The Bertz CT molecular complexity index is 247. The van der Waals surface area contributed by atoms with Gasteiger partial charge in [0.15, 0.2) is 0 Å². The fourth-order valence-electron chi connectivity index (χ4n) is 2.14. The Labute approximate surface area is 78.8 Å². The summed E-state index contributed by atoms with van der Waals surface area (Å²) in [6.45, 7) is 2.87. The van der Waals surface area contributed by atoms with Crippen molar-refractivity contribution in [2.24, 2.45) is 11.0 Å². The molecular weight excluding hydrogens is 164 g/mol. The van der Waals surface area contributed by atoms with Gasteiger partial charge in [0.1, 0.15) is 0 Å². The number of hydrogen-bond acceptors (Lipinski definition) is 2. The van der Waals surface area contributed by atoms with Gasteiger partial charge in [-0.1, -0.05) is 13.3 Å². The second-order valence-corrected chi connectivity index (χ2v) is 3.85. The Morgan fingerprint density at radius 2 is 2.38 bits per heavy atom. The van der Waals surface area contributed by atoms with Crippen LogP contribution >= 0.6 is 0 Å². The Hall–Kier alpha value is -0.860. The van der Waals surface area contributed by atoms with E-state index in [9.17, 15) is 4.79 Å². The lowest BCUT2D eigenvalue weighted by atomic mass is 9.87. The van der Waals surface area contributed by atoms with Crippen LogP contribution in [-0.4, -0.2) is 23.2 Å². The molecule has 1 atom stereocenters. The van der Waals surface area contributed by atoms with Crippen LogP contribution in [0.3, 0.4) is 0 Å². The number of rotatable bonds is 2. The predicted molar refractivity (Wildman–Crippen MR) is 51.4 cm³/mol. The van der Waals surface area contributed by atoms with Gasteiger partial charge in [0.2, 0.25) is 0 Å². The molecule has 0 bridgehead atoms. The summed E-state index contributed by atoms with van der Waals surface area (Å²) in [6.07, 6.45) is 5.46. The van der Waals surface area contributed by atoms with Crippen LogP contribution in [0.1, 0.15) is 39.0 Å². The van der Waals surface area contributed by atoms with Crippen LogP contribution in [-0.2, 0) is 4.79 Å². The molecule has 1 aliphatic heterocycles. The standard InChI is InChI=1S/C10H16N2O/c1-2-7-12-10(13)8-5-3-4-6-9(8)11-12/h8H,2-7H2,1H3. The maximum Gasteiger partial charge on any atom is 0.251 e. The molecule has 1 unspecified atom stereocenters. The van der Waals surface area contributed by atoms with E-state index in [1.54, 1.807) is 5.01 Å². The molecule has 72 valence electrons. The van der Waals surface area contributed by atoms with Gasteiger partial charge >= 0.3 is 0 Å². The number of carbonyl (C=O) groups is 1. The zero-order valence-electron chi connectivity index (χ0n) is 8.12. The molecule has 2 aliphatic rings. The molecule has 1 fully saturated rings. The van der Waals surface area contributed by atoms with Crippen molar-refractivity contribution in [1.82, 2.24) is 5.01 Å². The maximum atomic E-state index is 11.7. The molecule has 0 N–H and O–H groups in total. The minimum absolute atomic E-state index is 0.153. The number of fused-ring (bicyclic) bond motifs is 1. The van der Waals surface area contributed by atoms with Crippen LogP contribution in [0.15, 0.2) is 5.10 Å². The van der Waals surface area contributed by atoms with Crippen LogP contribution in [0.4, 0.5) is 0 Å². The summed E-state index contributed by atoms with van der Waals surface area (Å²) < 4.78 is 0. The molecule has 3 heteroatoms. The molecule has 1 amide bonds. The highest BCUT2D eigenvalue weighted by Crippen LogP contribution is 2.28. The van der Waals surface area contributed by atoms with Crippen molar-refractivity contribution >= 4 is 11.6 Å². The van der Waals surface area contributed by atoms with E-state index in [0.717, 1.165) is 31.5 Å². The molecule has 0 saturated heterocycles. The molecule has 1 saturated carbocycles. The van der Waals surface area contributed by atoms with Gasteiger partial charge in [0.05, 0.1) is 11.6 Å². The van der Waals surface area contributed by atoms with Crippen molar-refractivity contribution in [2.75, 3.05) is 6.54 Å². The summed E-state index contributed by atoms with van der Waals surface area (Å²) in [5, 5.41) is 6.05. The first-order valence-electron chi connectivity index (χ1n) is 5.21. The van der Waals surface area contributed by atoms with E-state index in [1.165, 1.54) is 12.8 Å². The van der Waals surface area contributed by atoms with Gasteiger partial charge in [-0.2, -0.15) is 5.10 Å². The monoisotopic (exact) mass is 180 g/mol. The summed E-state index contributed by atoms with van der Waals surface area (Å²) in [4.78, 5) is 11.7. The zero-order chi connectivity index (χ0) is 9.26. The third-order valence-corrected chi connectivity index (χ3v) is 2.82. The number of hydrazone groups is 1. The smallest absolute Gasteiger partial charge is 0.251 e. The minimum atomic E-state index is 0.153. The van der Waals surface area contributed by atoms with Gasteiger partial charge in [0, 0.05) is 6.54 Å². The lowest BCUT2D eigenvalue weighted by Crippen LogP contribution is -2.29. The van der Waals surface area contributed by atoms with Crippen molar-refractivity contribution in [3.8, 4) is 0 Å². The average Bonchev–Trinajstić information content (AvgIpc) is 2.46. The highest BCUT2D eigenvalue weighted by atomic mass is 16.2. The number of hydrogen-bond donors (Lipinski definition) is 0. The SMILES string of the molecule is CCCN1N=C2CCCCC2C1=O. The fraction of sp³-hybridized carbons (Fsp3) is 0.800. The molecule has 1 heterocycles. The third kappa shape index (κ3) is 1.47. The molecule has 1 aliphatic carbocycles. The highest BCUT2D eigenvalue weighted by Gasteiger charge is 2.36. The van der Waals surface area contributed by atoms with Gasteiger partial charge < -0.3 is 0 Å². The average molecular weight is 180 g/mol. The van der Waals surface area contributed by atoms with E-state index >= 15 is 0 Å². The van der Waals surface area contributed by atoms with E-state index in [4.69, 9.17) is 0 Å². The summed E-state index contributed by atoms with van der Waals surface area (Å²) >= 11 is 0. The van der Waals surface area contributed by atoms with Crippen molar-refractivity contribution in [3.63, 3.8) is 0 Å². The predicted octanol–water partition coefficient (Wildman–Crippen LogP) is 1.78. The van der Waals surface area contributed by atoms with Crippen LogP contribution < -0.4 is 0 Å². The first-order chi connectivity index (χ1) is 6.33. The third-order valence-electron chi connectivity index (χ3n) is 2.82. The maximum absolute atomic E-state index is 11.7. The summed E-state index contributed by atoms with van der Waals surface area (Å²) in [6, 6.07) is 0. The van der Waals surface area contributed by atoms with E-state index in [1.807, 2.05) is 0 Å². The fourth-order valence-corrected chi connectivity index (χ4v) is 2.14. The summed E-state index contributed by atoms with van der Waals surface area (Å²) in [5.41, 5.74) is 1.14. The van der Waals surface area contributed by atoms with Crippen molar-refractivity contribution < 1.29 is 4.79 Å². The second kappa shape index (κ2) is 3.48. The largest absolute Gasteiger partial charge is 0.272 e. The lowest BCUT2D eigenvalue weighted by molar-refractivity contribution is -0.132. The van der Waals surface area contributed by atoms with E-state index in [-0.39, 0.29) is 11.8 Å². The molecule has 2 rings (SSSR count). The summed E-state index contributed by atoms with van der Waals surface area (Å²) in [7, 11) is 0. The Balaban J connectivity index is 2.10. The van der Waals surface area contributed by atoms with Crippen LogP contribution in [0, 0.1) is 5.92 Å². The van der Waals surface area contributed by atoms with Gasteiger partial charge in [-0.05, 0) is 25.7 Å². The molecule has 0 aromatic carbocycles. The lowest BCUT2D eigenvalue weighted by Gasteiger charge is -2.16. The normalized spacial score (nSPS) is 27.5. The van der Waals surface area contributed by atoms with Gasteiger partial charge in [-0.25, -0.2) is 5.01 Å². The molecule has 13 heavy (non-hydrogen) atoms. The molecule has 0 aromatic rings. The topological polar surface area (TPSA) is 32.7 Å². The number of nitrogens with zero attached hydrogens (tertiary/aromatic N) is 2. The van der Waals surface area contributed by atoms with Gasteiger partial charge in [-0.3, -0.25) is 4.79 Å². The zero-order valence-corrected chi connectivity index (χ0v) is 8.12. The molecule has 3 nitrogen and oxygen atoms in total. The van der Waals surface area contributed by atoms with Crippen molar-refractivity contribution in [2.45, 2.75) is 39.0 Å². The molecule has 0 radical (unpaired) electrons. The van der Waals surface area contributed by atoms with Crippen LogP contribution in [0.5, 0.6) is 0 Å². The van der Waals surface area contributed by atoms with E-state index < -0.39 is 0 Å². The number of amides is 1. The van der Waals surface area contributed by atoms with Crippen LogP contribution in [0.2, 0.25) is 0 Å². The van der Waals surface area contributed by atoms with E-state index in [0.29, 0.717) is 0 Å². The quantitative estimate of drug-likeness (QED) is 0.637. The molecule has 0 spiro atoms. The van der Waals surface area contributed by atoms with Gasteiger partial charge in [-0.15, -0.1) is 0 Å². The Morgan fingerprint density at radius 1 is 1.54 bits per heavy atom. The minimum Gasteiger partial charge on any atom is -0.272 e. The number of carbonyl (C=O) groups excluding carboxylic acids is 1. The summed E-state index contributed by atoms with van der Waals surface area (Å²) in [5.74, 6) is 0.400. The Morgan fingerprint density at radius 3 is 3.08 bits per heavy atom. The van der Waals surface area contributed by atoms with Crippen molar-refractivity contribution in [1.29, 1.82) is 0 Å².